The third kappa shape index (κ3) is 5.49. The quantitative estimate of drug-likeness (QED) is 0.738. The molecule has 0 radical (unpaired) electrons. The lowest BCUT2D eigenvalue weighted by atomic mass is 10.0. The molecule has 1 N–H and O–H groups in total. The van der Waals surface area contributed by atoms with Crippen LogP contribution in [0.4, 0.5) is 0 Å². The van der Waals surface area contributed by atoms with Crippen LogP contribution in [0.25, 0.3) is 0 Å². The number of rotatable bonds is 7. The van der Waals surface area contributed by atoms with Gasteiger partial charge in [0.1, 0.15) is 5.54 Å². The lowest BCUT2D eigenvalue weighted by Crippen LogP contribution is -2.42. The van der Waals surface area contributed by atoms with E-state index in [1.165, 1.54) is 0 Å². The summed E-state index contributed by atoms with van der Waals surface area (Å²) < 4.78 is 11.1. The molecule has 1 aliphatic rings. The van der Waals surface area contributed by atoms with Crippen LogP contribution < -0.4 is 5.32 Å². The SMILES string of the molecule is CCCNC(C)(C#N)CCOC1CCOCC1. The van der Waals surface area contributed by atoms with Gasteiger partial charge in [0.15, 0.2) is 0 Å². The van der Waals surface area contributed by atoms with E-state index in [2.05, 4.69) is 18.3 Å². The van der Waals surface area contributed by atoms with Gasteiger partial charge in [-0.2, -0.15) is 5.26 Å². The minimum absolute atomic E-state index is 0.317. The van der Waals surface area contributed by atoms with Gasteiger partial charge in [0, 0.05) is 26.2 Å². The minimum atomic E-state index is -0.457. The van der Waals surface area contributed by atoms with E-state index in [1.807, 2.05) is 6.92 Å². The topological polar surface area (TPSA) is 54.3 Å². The van der Waals surface area contributed by atoms with Crippen LogP contribution in [0, 0.1) is 11.3 Å². The van der Waals surface area contributed by atoms with Gasteiger partial charge < -0.3 is 9.47 Å². The summed E-state index contributed by atoms with van der Waals surface area (Å²) in [6, 6.07) is 2.34. The van der Waals surface area contributed by atoms with Crippen molar-refractivity contribution in [3.8, 4) is 6.07 Å². The summed E-state index contributed by atoms with van der Waals surface area (Å²) in [5.41, 5.74) is -0.457. The molecule has 1 heterocycles. The lowest BCUT2D eigenvalue weighted by Gasteiger charge is -2.26. The average molecular weight is 240 g/mol. The van der Waals surface area contributed by atoms with Gasteiger partial charge in [0.2, 0.25) is 0 Å². The summed E-state index contributed by atoms with van der Waals surface area (Å²) in [4.78, 5) is 0. The van der Waals surface area contributed by atoms with E-state index in [1.54, 1.807) is 0 Å². The normalized spacial score (nSPS) is 20.8. The maximum absolute atomic E-state index is 9.16. The smallest absolute Gasteiger partial charge is 0.106 e. The first-order valence-electron chi connectivity index (χ1n) is 6.56. The Hall–Kier alpha value is -0.630. The Labute approximate surface area is 104 Å². The predicted molar refractivity (Wildman–Crippen MR) is 66.7 cm³/mol. The van der Waals surface area contributed by atoms with Crippen LogP contribution in [-0.2, 0) is 9.47 Å². The van der Waals surface area contributed by atoms with Crippen LogP contribution >= 0.6 is 0 Å². The van der Waals surface area contributed by atoms with Crippen LogP contribution in [0.3, 0.4) is 0 Å². The van der Waals surface area contributed by atoms with Gasteiger partial charge in [0.25, 0.3) is 0 Å². The van der Waals surface area contributed by atoms with Crippen LogP contribution in [0.15, 0.2) is 0 Å². The first-order valence-corrected chi connectivity index (χ1v) is 6.56. The molecular weight excluding hydrogens is 216 g/mol. The number of hydrogen-bond acceptors (Lipinski definition) is 4. The van der Waals surface area contributed by atoms with Crippen molar-refractivity contribution in [3.63, 3.8) is 0 Å². The summed E-state index contributed by atoms with van der Waals surface area (Å²) in [5, 5.41) is 12.4. The van der Waals surface area contributed by atoms with Crippen LogP contribution in [0.5, 0.6) is 0 Å². The standard InChI is InChI=1S/C13H24N2O2/c1-3-7-15-13(2,11-14)6-10-17-12-4-8-16-9-5-12/h12,15H,3-10H2,1-2H3. The molecule has 1 unspecified atom stereocenters. The first-order chi connectivity index (χ1) is 8.20. The van der Waals surface area contributed by atoms with Crippen LogP contribution in [-0.4, -0.2) is 38.0 Å². The number of nitrogens with one attached hydrogen (secondary N) is 1. The Kier molecular flexibility index (Phi) is 6.49. The predicted octanol–water partition coefficient (Wildman–Crippen LogP) is 1.85. The van der Waals surface area contributed by atoms with Gasteiger partial charge >= 0.3 is 0 Å². The van der Waals surface area contributed by atoms with Gasteiger partial charge in [-0.3, -0.25) is 5.32 Å². The van der Waals surface area contributed by atoms with Crippen molar-refractivity contribution < 1.29 is 9.47 Å². The molecule has 1 saturated heterocycles. The largest absolute Gasteiger partial charge is 0.381 e. The van der Waals surface area contributed by atoms with Crippen molar-refractivity contribution in [1.29, 1.82) is 5.26 Å². The van der Waals surface area contributed by atoms with Gasteiger partial charge in [0.05, 0.1) is 12.2 Å². The van der Waals surface area contributed by atoms with Crippen molar-refractivity contribution >= 4 is 0 Å². The molecule has 0 saturated carbocycles. The highest BCUT2D eigenvalue weighted by atomic mass is 16.5. The van der Waals surface area contributed by atoms with Gasteiger partial charge in [-0.05, 0) is 32.7 Å². The molecule has 0 amide bonds. The zero-order valence-corrected chi connectivity index (χ0v) is 11.0. The molecule has 1 aliphatic heterocycles. The fourth-order valence-electron chi connectivity index (χ4n) is 1.86. The molecule has 1 rings (SSSR count). The summed E-state index contributed by atoms with van der Waals surface area (Å²) in [6.45, 7) is 7.16. The molecule has 1 atom stereocenters. The van der Waals surface area contributed by atoms with Gasteiger partial charge in [-0.25, -0.2) is 0 Å². The fraction of sp³-hybridized carbons (Fsp3) is 0.923. The molecule has 1 fully saturated rings. The zero-order chi connectivity index (χ0) is 12.6. The minimum Gasteiger partial charge on any atom is -0.381 e. The molecule has 0 aromatic rings. The van der Waals surface area contributed by atoms with Gasteiger partial charge in [-0.15, -0.1) is 0 Å². The van der Waals surface area contributed by atoms with E-state index in [9.17, 15) is 0 Å². The second-order valence-corrected chi connectivity index (χ2v) is 4.80. The van der Waals surface area contributed by atoms with E-state index in [0.29, 0.717) is 12.7 Å². The van der Waals surface area contributed by atoms with Crippen molar-refractivity contribution in [2.75, 3.05) is 26.4 Å². The maximum Gasteiger partial charge on any atom is 0.106 e. The Morgan fingerprint density at radius 3 is 2.76 bits per heavy atom. The molecule has 0 aromatic heterocycles. The number of nitriles is 1. The Bertz CT molecular complexity index is 246. The Morgan fingerprint density at radius 2 is 2.18 bits per heavy atom. The molecule has 0 spiro atoms. The second-order valence-electron chi connectivity index (χ2n) is 4.80. The van der Waals surface area contributed by atoms with E-state index >= 15 is 0 Å². The third-order valence-electron chi connectivity index (χ3n) is 3.14. The van der Waals surface area contributed by atoms with Gasteiger partial charge in [-0.1, -0.05) is 6.92 Å². The Balaban J connectivity index is 2.20. The highest BCUT2D eigenvalue weighted by molar-refractivity contribution is 5.03. The Morgan fingerprint density at radius 1 is 1.47 bits per heavy atom. The van der Waals surface area contributed by atoms with E-state index in [0.717, 1.165) is 45.4 Å². The number of nitrogens with zero attached hydrogens (tertiary/aromatic N) is 1. The maximum atomic E-state index is 9.16. The summed E-state index contributed by atoms with van der Waals surface area (Å²) in [6.07, 6.45) is 4.05. The molecule has 17 heavy (non-hydrogen) atoms. The first kappa shape index (κ1) is 14.4. The fourth-order valence-corrected chi connectivity index (χ4v) is 1.86. The summed E-state index contributed by atoms with van der Waals surface area (Å²) in [5.74, 6) is 0. The molecule has 98 valence electrons. The highest BCUT2D eigenvalue weighted by Gasteiger charge is 2.23. The molecule has 0 bridgehead atoms. The molecule has 0 aliphatic carbocycles. The monoisotopic (exact) mass is 240 g/mol. The van der Waals surface area contributed by atoms with Crippen LogP contribution in [0.2, 0.25) is 0 Å². The number of hydrogen-bond donors (Lipinski definition) is 1. The lowest BCUT2D eigenvalue weighted by molar-refractivity contribution is -0.0352. The summed E-state index contributed by atoms with van der Waals surface area (Å²) in [7, 11) is 0. The molecule has 0 aromatic carbocycles. The van der Waals surface area contributed by atoms with E-state index < -0.39 is 5.54 Å². The number of ether oxygens (including phenoxy) is 2. The van der Waals surface area contributed by atoms with Crippen molar-refractivity contribution in [2.45, 2.75) is 51.2 Å². The highest BCUT2D eigenvalue weighted by Crippen LogP contribution is 2.14. The summed E-state index contributed by atoms with van der Waals surface area (Å²) >= 11 is 0. The average Bonchev–Trinajstić information content (AvgIpc) is 2.38. The van der Waals surface area contributed by atoms with Crippen molar-refractivity contribution in [3.05, 3.63) is 0 Å². The van der Waals surface area contributed by atoms with Crippen LogP contribution in [0.1, 0.15) is 39.5 Å². The molecular formula is C13H24N2O2. The van der Waals surface area contributed by atoms with Crippen molar-refractivity contribution in [1.82, 2.24) is 5.32 Å². The van der Waals surface area contributed by atoms with Crippen molar-refractivity contribution in [2.24, 2.45) is 0 Å². The molecule has 4 nitrogen and oxygen atoms in total. The van der Waals surface area contributed by atoms with E-state index in [-0.39, 0.29) is 0 Å². The zero-order valence-electron chi connectivity index (χ0n) is 11.0. The molecule has 4 heteroatoms. The third-order valence-corrected chi connectivity index (χ3v) is 3.14. The second kappa shape index (κ2) is 7.65. The van der Waals surface area contributed by atoms with E-state index in [4.69, 9.17) is 14.7 Å².